The summed E-state index contributed by atoms with van der Waals surface area (Å²) in [7, 11) is 0. The fraction of sp³-hybridized carbons (Fsp3) is 0.286. The lowest BCUT2D eigenvalue weighted by molar-refractivity contribution is 0.481. The highest BCUT2D eigenvalue weighted by Gasteiger charge is 2.13. The lowest BCUT2D eigenvalue weighted by Crippen LogP contribution is -2.25. The van der Waals surface area contributed by atoms with Gasteiger partial charge in [-0.3, -0.25) is 14.0 Å². The van der Waals surface area contributed by atoms with Crippen LogP contribution in [0.3, 0.4) is 0 Å². The Hall–Kier alpha value is -3.35. The van der Waals surface area contributed by atoms with E-state index in [9.17, 15) is 9.59 Å². The van der Waals surface area contributed by atoms with Gasteiger partial charge < -0.3 is 0 Å². The van der Waals surface area contributed by atoms with Gasteiger partial charge in [-0.1, -0.05) is 24.3 Å². The summed E-state index contributed by atoms with van der Waals surface area (Å²) in [5.41, 5.74) is 2.76. The monoisotopic (exact) mass is 375 g/mol. The molecule has 28 heavy (non-hydrogen) atoms. The molecule has 0 spiro atoms. The number of hydrogen-bond donors (Lipinski definition) is 0. The number of fused-ring (bicyclic) bond motifs is 2. The third-order valence-corrected chi connectivity index (χ3v) is 4.88. The van der Waals surface area contributed by atoms with Crippen molar-refractivity contribution >= 4 is 16.6 Å². The van der Waals surface area contributed by atoms with Crippen LogP contribution in [-0.4, -0.2) is 24.4 Å². The first-order valence-corrected chi connectivity index (χ1v) is 9.30. The molecule has 3 heterocycles. The molecule has 142 valence electrons. The number of hydrogen-bond acceptors (Lipinski definition) is 5. The summed E-state index contributed by atoms with van der Waals surface area (Å²) >= 11 is 0. The number of pyridine rings is 1. The molecule has 0 saturated heterocycles. The van der Waals surface area contributed by atoms with Crippen molar-refractivity contribution in [3.8, 4) is 0 Å². The van der Waals surface area contributed by atoms with Crippen LogP contribution in [0.5, 0.6) is 0 Å². The minimum absolute atomic E-state index is 0.0396. The zero-order valence-electron chi connectivity index (χ0n) is 16.0. The lowest BCUT2D eigenvalue weighted by atomic mass is 9.97. The average Bonchev–Trinajstić information content (AvgIpc) is 2.68. The Morgan fingerprint density at radius 2 is 1.86 bits per heavy atom. The second kappa shape index (κ2) is 6.99. The van der Waals surface area contributed by atoms with Crippen LogP contribution >= 0.6 is 0 Å². The first-order chi connectivity index (χ1) is 13.4. The van der Waals surface area contributed by atoms with Gasteiger partial charge in [0.2, 0.25) is 0 Å². The topological polar surface area (TPSA) is 82.1 Å². The van der Waals surface area contributed by atoms with E-state index >= 15 is 0 Å². The molecule has 4 rings (SSSR count). The molecule has 4 aromatic rings. The molecule has 1 aromatic carbocycles. The van der Waals surface area contributed by atoms with Crippen molar-refractivity contribution in [3.63, 3.8) is 0 Å². The van der Waals surface area contributed by atoms with Crippen LogP contribution in [0, 0.1) is 0 Å². The van der Waals surface area contributed by atoms with Gasteiger partial charge in [-0.2, -0.15) is 0 Å². The summed E-state index contributed by atoms with van der Waals surface area (Å²) in [6.07, 6.45) is 2.39. The molecule has 0 radical (unpaired) electrons. The maximum atomic E-state index is 12.5. The predicted molar refractivity (Wildman–Crippen MR) is 108 cm³/mol. The van der Waals surface area contributed by atoms with Crippen molar-refractivity contribution < 1.29 is 0 Å². The van der Waals surface area contributed by atoms with E-state index in [1.165, 1.54) is 9.08 Å². The molecule has 0 aliphatic rings. The second-order valence-corrected chi connectivity index (χ2v) is 7.34. The summed E-state index contributed by atoms with van der Waals surface area (Å²) < 4.78 is 2.92. The Morgan fingerprint density at radius 3 is 2.64 bits per heavy atom. The molecule has 0 N–H and O–H groups in total. The van der Waals surface area contributed by atoms with Gasteiger partial charge in [-0.25, -0.2) is 9.67 Å². The van der Waals surface area contributed by atoms with E-state index in [1.807, 2.05) is 51.1 Å². The van der Waals surface area contributed by atoms with Gasteiger partial charge in [0, 0.05) is 18.2 Å². The van der Waals surface area contributed by atoms with Crippen LogP contribution in [-0.2, 0) is 6.42 Å². The number of nitrogens with zero attached hydrogens (tertiary/aromatic N) is 5. The molecule has 1 atom stereocenters. The van der Waals surface area contributed by atoms with E-state index in [4.69, 9.17) is 0 Å². The molecule has 3 aromatic heterocycles. The largest absolute Gasteiger partial charge is 0.277 e. The van der Waals surface area contributed by atoms with E-state index in [0.717, 1.165) is 11.3 Å². The van der Waals surface area contributed by atoms with Crippen molar-refractivity contribution in [1.82, 2.24) is 24.4 Å². The standard InChI is InChI=1S/C21H21N5O2/c1-13(2)26-21(28)16-8-7-15(11-18(16)23-24-26)10-14(3)17-12-20(27)25-9-5-4-6-19(25)22-17/h4-9,11-14H,10H2,1-3H3. The van der Waals surface area contributed by atoms with Crippen molar-refractivity contribution in [1.29, 1.82) is 0 Å². The van der Waals surface area contributed by atoms with Gasteiger partial charge >= 0.3 is 0 Å². The number of aromatic nitrogens is 5. The zero-order valence-corrected chi connectivity index (χ0v) is 16.0. The Kier molecular flexibility index (Phi) is 4.50. The maximum Gasteiger partial charge on any atom is 0.277 e. The molecule has 7 heteroatoms. The van der Waals surface area contributed by atoms with Crippen LogP contribution in [0.2, 0.25) is 0 Å². The van der Waals surface area contributed by atoms with Gasteiger partial charge in [0.1, 0.15) is 11.2 Å². The predicted octanol–water partition coefficient (Wildman–Crippen LogP) is 2.73. The minimum Gasteiger partial charge on any atom is -0.269 e. The van der Waals surface area contributed by atoms with Crippen molar-refractivity contribution in [2.24, 2.45) is 0 Å². The smallest absolute Gasteiger partial charge is 0.269 e. The summed E-state index contributed by atoms with van der Waals surface area (Å²) in [4.78, 5) is 29.4. The van der Waals surface area contributed by atoms with E-state index in [0.29, 0.717) is 23.0 Å². The van der Waals surface area contributed by atoms with Gasteiger partial charge in [-0.05, 0) is 50.1 Å². The molecule has 0 aliphatic heterocycles. The third kappa shape index (κ3) is 3.19. The molecule has 1 unspecified atom stereocenters. The fourth-order valence-corrected chi connectivity index (χ4v) is 3.35. The molecule has 0 bridgehead atoms. The molecular formula is C21H21N5O2. The average molecular weight is 375 g/mol. The normalized spacial score (nSPS) is 12.7. The van der Waals surface area contributed by atoms with E-state index in [-0.39, 0.29) is 23.1 Å². The number of benzene rings is 1. The first-order valence-electron chi connectivity index (χ1n) is 9.30. The molecule has 0 amide bonds. The SMILES string of the molecule is CC(Cc1ccc2c(=O)n(C(C)C)nnc2c1)c1cc(=O)n2ccccc2n1. The van der Waals surface area contributed by atoms with Crippen molar-refractivity contribution in [2.75, 3.05) is 0 Å². The van der Waals surface area contributed by atoms with E-state index in [2.05, 4.69) is 15.3 Å². The van der Waals surface area contributed by atoms with E-state index < -0.39 is 0 Å². The van der Waals surface area contributed by atoms with Crippen LogP contribution in [0.25, 0.3) is 16.6 Å². The second-order valence-electron chi connectivity index (χ2n) is 7.34. The fourth-order valence-electron chi connectivity index (χ4n) is 3.35. The molecule has 0 saturated carbocycles. The van der Waals surface area contributed by atoms with Gasteiger partial charge in [-0.15, -0.1) is 5.10 Å². The Morgan fingerprint density at radius 1 is 1.04 bits per heavy atom. The van der Waals surface area contributed by atoms with Crippen molar-refractivity contribution in [3.05, 3.63) is 80.6 Å². The quantitative estimate of drug-likeness (QED) is 0.548. The first kappa shape index (κ1) is 18.0. The van der Waals surface area contributed by atoms with Gasteiger partial charge in [0.25, 0.3) is 11.1 Å². The summed E-state index contributed by atoms with van der Waals surface area (Å²) in [6.45, 7) is 5.84. The molecular weight excluding hydrogens is 354 g/mol. The number of rotatable bonds is 4. The highest BCUT2D eigenvalue weighted by molar-refractivity contribution is 5.77. The Labute approximate surface area is 161 Å². The molecule has 7 nitrogen and oxygen atoms in total. The van der Waals surface area contributed by atoms with Crippen LogP contribution in [0.1, 0.15) is 44.0 Å². The Balaban J connectivity index is 1.67. The summed E-state index contributed by atoms with van der Waals surface area (Å²) in [5, 5.41) is 8.79. The van der Waals surface area contributed by atoms with Crippen LogP contribution in [0.4, 0.5) is 0 Å². The van der Waals surface area contributed by atoms with Gasteiger partial charge in [0.15, 0.2) is 0 Å². The lowest BCUT2D eigenvalue weighted by Gasteiger charge is -2.13. The highest BCUT2D eigenvalue weighted by atomic mass is 16.1. The molecule has 0 aliphatic carbocycles. The highest BCUT2D eigenvalue weighted by Crippen LogP contribution is 2.20. The van der Waals surface area contributed by atoms with Crippen LogP contribution in [0.15, 0.2) is 58.3 Å². The third-order valence-electron chi connectivity index (χ3n) is 4.88. The van der Waals surface area contributed by atoms with Gasteiger partial charge in [0.05, 0.1) is 17.1 Å². The molecule has 0 fully saturated rings. The Bertz CT molecular complexity index is 1290. The van der Waals surface area contributed by atoms with E-state index in [1.54, 1.807) is 18.3 Å². The zero-order chi connectivity index (χ0) is 19.8. The minimum atomic E-state index is -0.135. The maximum absolute atomic E-state index is 12.5. The van der Waals surface area contributed by atoms with Crippen LogP contribution < -0.4 is 11.1 Å². The summed E-state index contributed by atoms with van der Waals surface area (Å²) in [6, 6.07) is 12.7. The summed E-state index contributed by atoms with van der Waals surface area (Å²) in [5.74, 6) is 0.0411. The van der Waals surface area contributed by atoms with Crippen molar-refractivity contribution in [2.45, 2.75) is 39.2 Å².